The average molecular weight is 350 g/mol. The molecule has 1 spiro atoms. The monoisotopic (exact) mass is 350 g/mol. The van der Waals surface area contributed by atoms with Crippen LogP contribution in [-0.2, 0) is 14.8 Å². The van der Waals surface area contributed by atoms with Crippen molar-refractivity contribution in [1.82, 2.24) is 9.21 Å². The van der Waals surface area contributed by atoms with Gasteiger partial charge in [0.25, 0.3) is 0 Å². The lowest BCUT2D eigenvalue weighted by Gasteiger charge is -2.31. The van der Waals surface area contributed by atoms with Crippen molar-refractivity contribution in [2.75, 3.05) is 33.7 Å². The Morgan fingerprint density at radius 2 is 2.08 bits per heavy atom. The molecule has 0 unspecified atom stereocenters. The molecule has 0 radical (unpaired) electrons. The van der Waals surface area contributed by atoms with Crippen LogP contribution in [0, 0.1) is 18.8 Å². The van der Waals surface area contributed by atoms with Crippen molar-refractivity contribution in [2.45, 2.75) is 36.4 Å². The number of hydrogen-bond donors (Lipinski definition) is 0. The number of nitrogens with zero attached hydrogens (tertiary/aromatic N) is 2. The molecule has 4 rings (SSSR count). The average Bonchev–Trinajstić information content (AvgIpc) is 3.17. The van der Waals surface area contributed by atoms with Crippen LogP contribution in [0.4, 0.5) is 0 Å². The molecule has 0 saturated carbocycles. The first-order valence-electron chi connectivity index (χ1n) is 8.72. The Morgan fingerprint density at radius 1 is 1.33 bits per heavy atom. The molecule has 3 aliphatic heterocycles. The van der Waals surface area contributed by atoms with E-state index in [4.69, 9.17) is 4.74 Å². The first-order valence-corrected chi connectivity index (χ1v) is 10.2. The van der Waals surface area contributed by atoms with Gasteiger partial charge in [-0.05, 0) is 45.5 Å². The van der Waals surface area contributed by atoms with E-state index in [-0.39, 0.29) is 5.60 Å². The number of hydrogen-bond acceptors (Lipinski definition) is 4. The molecule has 1 aromatic carbocycles. The largest absolute Gasteiger partial charge is 0.370 e. The van der Waals surface area contributed by atoms with Gasteiger partial charge < -0.3 is 9.64 Å². The van der Waals surface area contributed by atoms with Gasteiger partial charge in [-0.15, -0.1) is 0 Å². The summed E-state index contributed by atoms with van der Waals surface area (Å²) in [7, 11) is 0.704. The van der Waals surface area contributed by atoms with Gasteiger partial charge in [0.1, 0.15) is 0 Å². The summed E-state index contributed by atoms with van der Waals surface area (Å²) in [4.78, 5) is 2.63. The summed E-state index contributed by atoms with van der Waals surface area (Å²) < 4.78 is 34.3. The second-order valence-corrected chi connectivity index (χ2v) is 9.76. The third kappa shape index (κ3) is 2.35. The van der Waals surface area contributed by atoms with Gasteiger partial charge in [-0.25, -0.2) is 8.42 Å². The van der Waals surface area contributed by atoms with Crippen molar-refractivity contribution in [3.8, 4) is 0 Å². The molecule has 0 aromatic heterocycles. The predicted octanol–water partition coefficient (Wildman–Crippen LogP) is 1.72. The van der Waals surface area contributed by atoms with E-state index in [0.717, 1.165) is 24.9 Å². The Labute approximate surface area is 144 Å². The van der Waals surface area contributed by atoms with Gasteiger partial charge in [-0.2, -0.15) is 4.31 Å². The Hall–Kier alpha value is -0.950. The normalized spacial score (nSPS) is 35.8. The zero-order chi connectivity index (χ0) is 17.1. The van der Waals surface area contributed by atoms with Crippen molar-refractivity contribution < 1.29 is 13.2 Å². The summed E-state index contributed by atoms with van der Waals surface area (Å²) in [5.74, 6) is 0.753. The number of ether oxygens (including phenoxy) is 1. The molecule has 5 nitrogen and oxygen atoms in total. The Morgan fingerprint density at radius 3 is 2.79 bits per heavy atom. The lowest BCUT2D eigenvalue weighted by atomic mass is 9.73. The summed E-state index contributed by atoms with van der Waals surface area (Å²) in [5, 5.41) is 0. The highest BCUT2D eigenvalue weighted by Crippen LogP contribution is 2.55. The Kier molecular flexibility index (Phi) is 3.80. The van der Waals surface area contributed by atoms with Gasteiger partial charge in [-0.3, -0.25) is 0 Å². The van der Waals surface area contributed by atoms with E-state index in [0.29, 0.717) is 35.9 Å². The number of benzene rings is 1. The SMILES string of the molecule is Cc1ccccc1S(=O)(=O)N1C[C@@H]2[C@H](CN(C)C)[C@H]3CC[C@]2(C1)O3. The summed E-state index contributed by atoms with van der Waals surface area (Å²) in [6, 6.07) is 7.25. The first kappa shape index (κ1) is 16.5. The van der Waals surface area contributed by atoms with E-state index in [1.807, 2.05) is 19.1 Å². The van der Waals surface area contributed by atoms with Crippen LogP contribution in [-0.4, -0.2) is 63.1 Å². The van der Waals surface area contributed by atoms with Gasteiger partial charge in [0, 0.05) is 31.5 Å². The summed E-state index contributed by atoms with van der Waals surface area (Å²) in [6.45, 7) is 3.93. The van der Waals surface area contributed by atoms with Crippen LogP contribution in [0.25, 0.3) is 0 Å². The molecule has 3 saturated heterocycles. The molecule has 3 aliphatic rings. The number of rotatable bonds is 4. The van der Waals surface area contributed by atoms with Crippen molar-refractivity contribution in [1.29, 1.82) is 0 Å². The molecule has 132 valence electrons. The highest BCUT2D eigenvalue weighted by Gasteiger charge is 2.64. The fraction of sp³-hybridized carbons (Fsp3) is 0.667. The van der Waals surface area contributed by atoms with Crippen molar-refractivity contribution in [3.63, 3.8) is 0 Å². The van der Waals surface area contributed by atoms with E-state index in [1.54, 1.807) is 16.4 Å². The maximum Gasteiger partial charge on any atom is 0.243 e. The van der Waals surface area contributed by atoms with Crippen LogP contribution in [0.5, 0.6) is 0 Å². The third-order valence-electron chi connectivity index (χ3n) is 6.04. The van der Waals surface area contributed by atoms with Gasteiger partial charge >= 0.3 is 0 Å². The molecule has 6 heteroatoms. The van der Waals surface area contributed by atoms with Crippen molar-refractivity contribution in [3.05, 3.63) is 29.8 Å². The van der Waals surface area contributed by atoms with Crippen LogP contribution in [0.15, 0.2) is 29.2 Å². The van der Waals surface area contributed by atoms with Crippen LogP contribution in [0.1, 0.15) is 18.4 Å². The van der Waals surface area contributed by atoms with Crippen LogP contribution in [0.2, 0.25) is 0 Å². The predicted molar refractivity (Wildman–Crippen MR) is 92.3 cm³/mol. The van der Waals surface area contributed by atoms with E-state index in [1.165, 1.54) is 0 Å². The Bertz CT molecular complexity index is 748. The molecule has 4 atom stereocenters. The molecule has 3 heterocycles. The summed E-state index contributed by atoms with van der Waals surface area (Å²) >= 11 is 0. The molecule has 1 aromatic rings. The molecular weight excluding hydrogens is 324 g/mol. The number of sulfonamides is 1. The van der Waals surface area contributed by atoms with E-state index < -0.39 is 10.0 Å². The second-order valence-electron chi connectivity index (χ2n) is 7.86. The molecular formula is C18H26N2O3S. The molecule has 3 fully saturated rings. The smallest absolute Gasteiger partial charge is 0.243 e. The van der Waals surface area contributed by atoms with Crippen LogP contribution < -0.4 is 0 Å². The number of fused-ring (bicyclic) bond motifs is 1. The minimum Gasteiger partial charge on any atom is -0.370 e. The van der Waals surface area contributed by atoms with Gasteiger partial charge in [0.2, 0.25) is 10.0 Å². The maximum absolute atomic E-state index is 13.1. The lowest BCUT2D eigenvalue weighted by molar-refractivity contribution is 0.00739. The molecule has 24 heavy (non-hydrogen) atoms. The van der Waals surface area contributed by atoms with Crippen molar-refractivity contribution in [2.24, 2.45) is 11.8 Å². The van der Waals surface area contributed by atoms with E-state index >= 15 is 0 Å². The fourth-order valence-electron chi connectivity index (χ4n) is 4.98. The minimum absolute atomic E-state index is 0.249. The first-order chi connectivity index (χ1) is 11.3. The van der Waals surface area contributed by atoms with Crippen LogP contribution in [0.3, 0.4) is 0 Å². The van der Waals surface area contributed by atoms with E-state index in [2.05, 4.69) is 19.0 Å². The molecule has 2 bridgehead atoms. The zero-order valence-electron chi connectivity index (χ0n) is 14.6. The maximum atomic E-state index is 13.1. The summed E-state index contributed by atoms with van der Waals surface area (Å²) in [6.07, 6.45) is 2.36. The topological polar surface area (TPSA) is 49.9 Å². The minimum atomic E-state index is -3.45. The molecule has 0 N–H and O–H groups in total. The lowest BCUT2D eigenvalue weighted by Crippen LogP contribution is -2.40. The third-order valence-corrected chi connectivity index (χ3v) is 8.01. The van der Waals surface area contributed by atoms with Crippen LogP contribution >= 0.6 is 0 Å². The fourth-order valence-corrected chi connectivity index (χ4v) is 6.73. The zero-order valence-corrected chi connectivity index (χ0v) is 15.4. The van der Waals surface area contributed by atoms with Gasteiger partial charge in [0.05, 0.1) is 16.6 Å². The quantitative estimate of drug-likeness (QED) is 0.830. The van der Waals surface area contributed by atoms with E-state index in [9.17, 15) is 8.42 Å². The standard InChI is InChI=1S/C18H26N2O3S/c1-13-6-4-5-7-17(13)24(21,22)20-11-15-14(10-19(2)3)16-8-9-18(15,12-20)23-16/h4-7,14-16H,8-12H2,1-3H3/t14-,15+,16+,18+/m0/s1. The molecule has 0 aliphatic carbocycles. The highest BCUT2D eigenvalue weighted by molar-refractivity contribution is 7.89. The van der Waals surface area contributed by atoms with Gasteiger partial charge in [-0.1, -0.05) is 18.2 Å². The Balaban J connectivity index is 1.64. The second kappa shape index (κ2) is 5.53. The number of aryl methyl sites for hydroxylation is 1. The van der Waals surface area contributed by atoms with Crippen molar-refractivity contribution >= 4 is 10.0 Å². The van der Waals surface area contributed by atoms with Gasteiger partial charge in [0.15, 0.2) is 0 Å². The summed E-state index contributed by atoms with van der Waals surface area (Å²) in [5.41, 5.74) is 0.559. The molecule has 0 amide bonds. The highest BCUT2D eigenvalue weighted by atomic mass is 32.2.